The first kappa shape index (κ1) is 31.5. The van der Waals surface area contributed by atoms with Crippen molar-refractivity contribution in [1.82, 2.24) is 30.1 Å². The number of nitrogens with one attached hydrogen (secondary N) is 1. The Kier molecular flexibility index (Phi) is 10.1. The van der Waals surface area contributed by atoms with Gasteiger partial charge in [-0.25, -0.2) is 15.0 Å². The first-order valence-corrected chi connectivity index (χ1v) is 15.9. The summed E-state index contributed by atoms with van der Waals surface area (Å²) in [5.41, 5.74) is 12.6. The first-order chi connectivity index (χ1) is 20.6. The number of carbonyl (C=O) groups is 2. The van der Waals surface area contributed by atoms with Crippen LogP contribution in [0.2, 0.25) is 10.3 Å². The number of carbonyl (C=O) groups excluding carboxylic acids is 2. The highest BCUT2D eigenvalue weighted by molar-refractivity contribution is 6.32. The number of nitrogen functional groups attached to an aromatic ring is 2. The van der Waals surface area contributed by atoms with Gasteiger partial charge in [-0.1, -0.05) is 36.5 Å². The van der Waals surface area contributed by atoms with Crippen molar-refractivity contribution in [2.75, 3.05) is 49.1 Å². The van der Waals surface area contributed by atoms with Gasteiger partial charge in [0.25, 0.3) is 11.8 Å². The van der Waals surface area contributed by atoms with Gasteiger partial charge in [-0.15, -0.1) is 0 Å². The Morgan fingerprint density at radius 2 is 1.70 bits per heavy atom. The van der Waals surface area contributed by atoms with Gasteiger partial charge in [0.2, 0.25) is 0 Å². The van der Waals surface area contributed by atoms with E-state index in [1.165, 1.54) is 0 Å². The molecule has 3 aliphatic rings. The van der Waals surface area contributed by atoms with Crippen LogP contribution in [0.25, 0.3) is 0 Å². The van der Waals surface area contributed by atoms with Crippen LogP contribution in [0.5, 0.6) is 0 Å². The number of amides is 2. The second-order valence-corrected chi connectivity index (χ2v) is 12.5. The maximum atomic E-state index is 13.1. The molecule has 14 heteroatoms. The van der Waals surface area contributed by atoms with Crippen molar-refractivity contribution >= 4 is 52.5 Å². The number of likely N-dealkylation sites (tertiary alicyclic amines) is 1. The molecule has 5 rings (SSSR count). The van der Waals surface area contributed by atoms with Crippen LogP contribution in [0, 0.1) is 0 Å². The number of hydrogen-bond acceptors (Lipinski definition) is 10. The fourth-order valence-electron chi connectivity index (χ4n) is 6.60. The molecule has 12 nitrogen and oxygen atoms in total. The molecule has 0 unspecified atom stereocenters. The van der Waals surface area contributed by atoms with E-state index in [4.69, 9.17) is 34.7 Å². The molecule has 0 radical (unpaired) electrons. The number of aromatic nitrogens is 3. The van der Waals surface area contributed by atoms with E-state index in [0.29, 0.717) is 69.3 Å². The molecule has 0 aromatic carbocycles. The second kappa shape index (κ2) is 13.8. The summed E-state index contributed by atoms with van der Waals surface area (Å²) in [6.45, 7) is 5.67. The highest BCUT2D eigenvalue weighted by atomic mass is 35.5. The highest BCUT2D eigenvalue weighted by Gasteiger charge is 2.36. The maximum absolute atomic E-state index is 13.1. The Hall–Kier alpha value is -2.93. The van der Waals surface area contributed by atoms with Gasteiger partial charge in [0.05, 0.1) is 11.7 Å². The van der Waals surface area contributed by atoms with E-state index in [9.17, 15) is 14.7 Å². The number of piperazine rings is 1. The third kappa shape index (κ3) is 7.25. The molecule has 2 amide bonds. The number of nitrogens with two attached hydrogens (primary N) is 2. The Labute approximate surface area is 262 Å². The fraction of sp³-hybridized carbons (Fsp3) is 0.621. The molecule has 0 spiro atoms. The Morgan fingerprint density at radius 1 is 0.977 bits per heavy atom. The second-order valence-electron chi connectivity index (χ2n) is 11.8. The number of pyridine rings is 1. The van der Waals surface area contributed by atoms with E-state index in [1.54, 1.807) is 12.1 Å². The normalized spacial score (nSPS) is 23.8. The van der Waals surface area contributed by atoms with E-state index < -0.39 is 5.91 Å². The number of anilines is 3. The summed E-state index contributed by atoms with van der Waals surface area (Å²) in [4.78, 5) is 45.5. The predicted molar refractivity (Wildman–Crippen MR) is 167 cm³/mol. The van der Waals surface area contributed by atoms with Crippen LogP contribution in [0.4, 0.5) is 17.5 Å². The van der Waals surface area contributed by atoms with E-state index in [0.717, 1.165) is 32.2 Å². The molecule has 1 saturated carbocycles. The lowest BCUT2D eigenvalue weighted by atomic mass is 9.93. The van der Waals surface area contributed by atoms with Crippen molar-refractivity contribution < 1.29 is 14.7 Å². The Balaban J connectivity index is 1.21. The average molecular weight is 635 g/mol. The van der Waals surface area contributed by atoms with E-state index in [-0.39, 0.29) is 51.7 Å². The van der Waals surface area contributed by atoms with Gasteiger partial charge in [0.15, 0.2) is 22.5 Å². The largest absolute Gasteiger partial charge is 0.393 e. The van der Waals surface area contributed by atoms with Crippen molar-refractivity contribution in [3.63, 3.8) is 0 Å². The summed E-state index contributed by atoms with van der Waals surface area (Å²) >= 11 is 12.5. The van der Waals surface area contributed by atoms with Gasteiger partial charge in [-0.05, 0) is 57.1 Å². The lowest BCUT2D eigenvalue weighted by Crippen LogP contribution is -2.59. The number of rotatable bonds is 7. The summed E-state index contributed by atoms with van der Waals surface area (Å²) < 4.78 is 0. The molecular formula is C29H41Cl2N9O3. The summed E-state index contributed by atoms with van der Waals surface area (Å²) in [5, 5.41) is 13.1. The third-order valence-corrected chi connectivity index (χ3v) is 9.37. The van der Waals surface area contributed by atoms with Crippen LogP contribution in [-0.4, -0.2) is 98.6 Å². The SMILES string of the molecule is CCC[C@H]1CN(c2nc(N)c(C(=O)NC3CCC(O)CC3)nc2Cl)CCN1C1CCN(C(=O)c2ccc(Cl)nc2N)CC1. The van der Waals surface area contributed by atoms with E-state index >= 15 is 0 Å². The standard InChI is InChI=1S/C29H41Cl2N9O3/c1-2-3-19-16-39(27-24(31)36-23(26(33)37-27)28(42)34-17-4-6-20(41)7-5-17)14-15-40(19)18-10-12-38(13-11-18)29(43)21-8-9-22(30)35-25(21)32/h8-9,17-20,41H,2-7,10-16H2,1H3,(H2,32,35)(H2,33,37)(H,34,42)/t17?,19-,20?/m0/s1. The third-order valence-electron chi connectivity index (χ3n) is 8.90. The van der Waals surface area contributed by atoms with Gasteiger partial charge in [0.1, 0.15) is 11.0 Å². The quantitative estimate of drug-likeness (QED) is 0.333. The molecule has 6 N–H and O–H groups in total. The minimum Gasteiger partial charge on any atom is -0.393 e. The number of aliphatic hydroxyl groups excluding tert-OH is 1. The van der Waals surface area contributed by atoms with Crippen LogP contribution in [0.1, 0.15) is 79.1 Å². The van der Waals surface area contributed by atoms with Crippen LogP contribution >= 0.6 is 23.2 Å². The monoisotopic (exact) mass is 633 g/mol. The molecule has 3 fully saturated rings. The fourth-order valence-corrected chi connectivity index (χ4v) is 7.00. The average Bonchev–Trinajstić information content (AvgIpc) is 2.99. The number of nitrogens with zero attached hydrogens (tertiary/aromatic N) is 6. The van der Waals surface area contributed by atoms with Gasteiger partial charge >= 0.3 is 0 Å². The molecule has 43 heavy (non-hydrogen) atoms. The summed E-state index contributed by atoms with van der Waals surface area (Å²) in [6.07, 6.45) is 6.17. The van der Waals surface area contributed by atoms with Crippen molar-refractivity contribution in [2.45, 2.75) is 82.5 Å². The summed E-state index contributed by atoms with van der Waals surface area (Å²) in [6, 6.07) is 3.81. The van der Waals surface area contributed by atoms with Crippen LogP contribution in [0.3, 0.4) is 0 Å². The number of piperidine rings is 1. The first-order valence-electron chi connectivity index (χ1n) is 15.2. The zero-order valence-electron chi connectivity index (χ0n) is 24.5. The van der Waals surface area contributed by atoms with Crippen LogP contribution in [-0.2, 0) is 0 Å². The number of aliphatic hydroxyl groups is 1. The molecule has 2 aromatic rings. The van der Waals surface area contributed by atoms with Gasteiger partial charge in [-0.2, -0.15) is 0 Å². The number of hydrogen-bond donors (Lipinski definition) is 4. The van der Waals surface area contributed by atoms with Crippen molar-refractivity contribution in [3.05, 3.63) is 33.7 Å². The van der Waals surface area contributed by atoms with Crippen LogP contribution in [0.15, 0.2) is 12.1 Å². The van der Waals surface area contributed by atoms with Gasteiger partial charge in [0, 0.05) is 50.8 Å². The molecule has 2 aromatic heterocycles. The minimum atomic E-state index is -0.395. The molecule has 0 bridgehead atoms. The van der Waals surface area contributed by atoms with E-state index in [2.05, 4.69) is 37.0 Å². The lowest BCUT2D eigenvalue weighted by molar-refractivity contribution is 0.0481. The highest BCUT2D eigenvalue weighted by Crippen LogP contribution is 2.31. The zero-order valence-corrected chi connectivity index (χ0v) is 26.0. The smallest absolute Gasteiger partial charge is 0.274 e. The van der Waals surface area contributed by atoms with Crippen molar-refractivity contribution in [2.24, 2.45) is 0 Å². The summed E-state index contributed by atoms with van der Waals surface area (Å²) in [5.74, 6) is 0.186. The summed E-state index contributed by atoms with van der Waals surface area (Å²) in [7, 11) is 0. The van der Waals surface area contributed by atoms with Crippen molar-refractivity contribution in [3.8, 4) is 0 Å². The Morgan fingerprint density at radius 3 is 2.37 bits per heavy atom. The molecule has 2 saturated heterocycles. The molecular weight excluding hydrogens is 593 g/mol. The number of halogens is 2. The molecule has 1 atom stereocenters. The molecule has 4 heterocycles. The maximum Gasteiger partial charge on any atom is 0.274 e. The van der Waals surface area contributed by atoms with Gasteiger partial charge < -0.3 is 31.7 Å². The van der Waals surface area contributed by atoms with Crippen molar-refractivity contribution in [1.29, 1.82) is 0 Å². The van der Waals surface area contributed by atoms with Crippen LogP contribution < -0.4 is 21.7 Å². The zero-order chi connectivity index (χ0) is 30.7. The van der Waals surface area contributed by atoms with Gasteiger partial charge in [-0.3, -0.25) is 14.5 Å². The minimum absolute atomic E-state index is 0.0288. The predicted octanol–water partition coefficient (Wildman–Crippen LogP) is 2.97. The Bertz CT molecular complexity index is 1320. The van der Waals surface area contributed by atoms with E-state index in [1.807, 2.05) is 4.90 Å². The molecule has 234 valence electrons. The topological polar surface area (TPSA) is 167 Å². The lowest BCUT2D eigenvalue weighted by Gasteiger charge is -2.48. The molecule has 1 aliphatic carbocycles. The molecule has 2 aliphatic heterocycles.